The summed E-state index contributed by atoms with van der Waals surface area (Å²) >= 11 is 5.72. The molecule has 0 aliphatic rings. The molecule has 96 valence electrons. The molecule has 0 saturated carbocycles. The molecule has 0 bridgehead atoms. The maximum atomic E-state index is 12.6. The molecular weight excluding hydrogens is 256 g/mol. The van der Waals surface area contributed by atoms with Crippen molar-refractivity contribution in [3.63, 3.8) is 0 Å². The van der Waals surface area contributed by atoms with E-state index in [1.807, 2.05) is 0 Å². The van der Waals surface area contributed by atoms with E-state index in [4.69, 9.17) is 16.7 Å². The number of alkyl halides is 2. The standard InChI is InChI=1S/C9H12ClF2N3O2/c1-14(2)3-4-15-7(10)5(9(16)17)6(13-15)8(11)12/h8H,3-4H2,1-2H3,(H,16,17). The van der Waals surface area contributed by atoms with Crippen LogP contribution in [0.2, 0.25) is 5.15 Å². The zero-order chi connectivity index (χ0) is 13.2. The SMILES string of the molecule is CN(C)CCn1nc(C(F)F)c(C(=O)O)c1Cl. The summed E-state index contributed by atoms with van der Waals surface area (Å²) in [5.41, 5.74) is -1.42. The third kappa shape index (κ3) is 3.13. The van der Waals surface area contributed by atoms with Crippen molar-refractivity contribution in [2.75, 3.05) is 20.6 Å². The van der Waals surface area contributed by atoms with E-state index in [1.54, 1.807) is 19.0 Å². The quantitative estimate of drug-likeness (QED) is 0.883. The predicted molar refractivity (Wildman–Crippen MR) is 57.7 cm³/mol. The fourth-order valence-electron chi connectivity index (χ4n) is 1.25. The van der Waals surface area contributed by atoms with Crippen LogP contribution in [0.15, 0.2) is 0 Å². The third-order valence-corrected chi connectivity index (χ3v) is 2.48. The molecule has 1 N–H and O–H groups in total. The zero-order valence-electron chi connectivity index (χ0n) is 9.32. The summed E-state index contributed by atoms with van der Waals surface area (Å²) in [4.78, 5) is 12.6. The second-order valence-electron chi connectivity index (χ2n) is 3.68. The molecule has 0 aliphatic heterocycles. The van der Waals surface area contributed by atoms with Crippen LogP contribution in [-0.4, -0.2) is 46.4 Å². The molecule has 5 nitrogen and oxygen atoms in total. The molecule has 0 unspecified atom stereocenters. The Balaban J connectivity index is 3.08. The Hall–Kier alpha value is -1.21. The lowest BCUT2D eigenvalue weighted by Crippen LogP contribution is -2.19. The van der Waals surface area contributed by atoms with Gasteiger partial charge in [-0.1, -0.05) is 11.6 Å². The molecule has 1 aromatic rings. The molecular formula is C9H12ClF2N3O2. The van der Waals surface area contributed by atoms with E-state index in [1.165, 1.54) is 0 Å². The highest BCUT2D eigenvalue weighted by Gasteiger charge is 2.27. The van der Waals surface area contributed by atoms with Gasteiger partial charge in [0.05, 0.1) is 6.54 Å². The monoisotopic (exact) mass is 267 g/mol. The molecule has 0 aromatic carbocycles. The largest absolute Gasteiger partial charge is 0.478 e. The van der Waals surface area contributed by atoms with Gasteiger partial charge in [0.2, 0.25) is 0 Å². The maximum absolute atomic E-state index is 12.6. The number of rotatable bonds is 5. The summed E-state index contributed by atoms with van der Waals surface area (Å²) in [5, 5.41) is 12.1. The summed E-state index contributed by atoms with van der Waals surface area (Å²) in [6, 6.07) is 0. The van der Waals surface area contributed by atoms with Crippen LogP contribution in [0.5, 0.6) is 0 Å². The number of carboxylic acids is 1. The topological polar surface area (TPSA) is 58.4 Å². The maximum Gasteiger partial charge on any atom is 0.341 e. The van der Waals surface area contributed by atoms with Crippen LogP contribution in [0.4, 0.5) is 8.78 Å². The third-order valence-electron chi connectivity index (χ3n) is 2.10. The summed E-state index contributed by atoms with van der Waals surface area (Å²) in [7, 11) is 3.59. The lowest BCUT2D eigenvalue weighted by atomic mass is 10.2. The normalized spacial score (nSPS) is 11.5. The first-order valence-electron chi connectivity index (χ1n) is 4.77. The van der Waals surface area contributed by atoms with Gasteiger partial charge >= 0.3 is 5.97 Å². The van der Waals surface area contributed by atoms with Gasteiger partial charge in [-0.25, -0.2) is 13.6 Å². The average molecular weight is 268 g/mol. The van der Waals surface area contributed by atoms with Crippen LogP contribution in [0, 0.1) is 0 Å². The van der Waals surface area contributed by atoms with Crippen molar-refractivity contribution in [3.05, 3.63) is 16.4 Å². The molecule has 1 heterocycles. The van der Waals surface area contributed by atoms with Gasteiger partial charge in [0.15, 0.2) is 0 Å². The van der Waals surface area contributed by atoms with Crippen molar-refractivity contribution in [1.82, 2.24) is 14.7 Å². The van der Waals surface area contributed by atoms with Gasteiger partial charge in [0.1, 0.15) is 16.4 Å². The minimum Gasteiger partial charge on any atom is -0.478 e. The smallest absolute Gasteiger partial charge is 0.341 e. The molecule has 8 heteroatoms. The summed E-state index contributed by atoms with van der Waals surface area (Å²) in [6.45, 7) is 0.766. The van der Waals surface area contributed by atoms with Gasteiger partial charge in [-0.3, -0.25) is 4.68 Å². The van der Waals surface area contributed by atoms with Crippen molar-refractivity contribution in [1.29, 1.82) is 0 Å². The Kier molecular flexibility index (Phi) is 4.41. The Morgan fingerprint density at radius 3 is 2.53 bits per heavy atom. The number of hydrogen-bond donors (Lipinski definition) is 1. The van der Waals surface area contributed by atoms with E-state index in [-0.39, 0.29) is 11.7 Å². The van der Waals surface area contributed by atoms with Crippen molar-refractivity contribution < 1.29 is 18.7 Å². The van der Waals surface area contributed by atoms with Crippen LogP contribution >= 0.6 is 11.6 Å². The van der Waals surface area contributed by atoms with Gasteiger partial charge in [0.25, 0.3) is 6.43 Å². The lowest BCUT2D eigenvalue weighted by molar-refractivity contribution is 0.0684. The van der Waals surface area contributed by atoms with Gasteiger partial charge in [0, 0.05) is 6.54 Å². The minimum absolute atomic E-state index is 0.249. The molecule has 0 radical (unpaired) electrons. The highest BCUT2D eigenvalue weighted by atomic mass is 35.5. The Labute approximate surface area is 102 Å². The Bertz CT molecular complexity index is 421. The van der Waals surface area contributed by atoms with Crippen LogP contribution in [0.3, 0.4) is 0 Å². The number of likely N-dealkylation sites (N-methyl/N-ethyl adjacent to an activating group) is 1. The first-order chi connectivity index (χ1) is 7.84. The first kappa shape index (κ1) is 13.9. The van der Waals surface area contributed by atoms with Gasteiger partial charge < -0.3 is 10.0 Å². The number of aromatic nitrogens is 2. The van der Waals surface area contributed by atoms with E-state index in [0.717, 1.165) is 4.68 Å². The van der Waals surface area contributed by atoms with Crippen molar-refractivity contribution in [2.45, 2.75) is 13.0 Å². The number of nitrogens with zero attached hydrogens (tertiary/aromatic N) is 3. The molecule has 1 aromatic heterocycles. The number of carbonyl (C=O) groups is 1. The van der Waals surface area contributed by atoms with E-state index in [2.05, 4.69) is 5.10 Å². The Morgan fingerprint density at radius 1 is 1.59 bits per heavy atom. The van der Waals surface area contributed by atoms with Crippen LogP contribution in [0.1, 0.15) is 22.5 Å². The molecule has 0 amide bonds. The molecule has 0 aliphatic carbocycles. The number of halogens is 3. The fourth-order valence-corrected chi connectivity index (χ4v) is 1.55. The highest BCUT2D eigenvalue weighted by Crippen LogP contribution is 2.27. The van der Waals surface area contributed by atoms with E-state index in [9.17, 15) is 13.6 Å². The van der Waals surface area contributed by atoms with Gasteiger partial charge in [-0.15, -0.1) is 0 Å². The molecule has 0 spiro atoms. The van der Waals surface area contributed by atoms with Crippen molar-refractivity contribution in [2.24, 2.45) is 0 Å². The zero-order valence-corrected chi connectivity index (χ0v) is 10.1. The molecule has 0 saturated heterocycles. The van der Waals surface area contributed by atoms with Crippen LogP contribution < -0.4 is 0 Å². The van der Waals surface area contributed by atoms with E-state index in [0.29, 0.717) is 6.54 Å². The summed E-state index contributed by atoms with van der Waals surface area (Å²) in [6.07, 6.45) is -2.96. The fraction of sp³-hybridized carbons (Fsp3) is 0.556. The summed E-state index contributed by atoms with van der Waals surface area (Å²) in [5.74, 6) is -1.50. The molecule has 0 atom stereocenters. The number of carboxylic acid groups (broad SMARTS) is 1. The molecule has 1 rings (SSSR count). The van der Waals surface area contributed by atoms with Gasteiger partial charge in [-0.2, -0.15) is 5.10 Å². The van der Waals surface area contributed by atoms with Crippen LogP contribution in [-0.2, 0) is 6.54 Å². The summed E-state index contributed by atoms with van der Waals surface area (Å²) < 4.78 is 26.2. The lowest BCUT2D eigenvalue weighted by Gasteiger charge is -2.09. The minimum atomic E-state index is -2.96. The number of aromatic carboxylic acids is 1. The highest BCUT2D eigenvalue weighted by molar-refractivity contribution is 6.32. The van der Waals surface area contributed by atoms with Crippen LogP contribution in [0.25, 0.3) is 0 Å². The second-order valence-corrected chi connectivity index (χ2v) is 4.04. The molecule has 0 fully saturated rings. The van der Waals surface area contributed by atoms with Gasteiger partial charge in [-0.05, 0) is 14.1 Å². The van der Waals surface area contributed by atoms with E-state index < -0.39 is 23.7 Å². The second kappa shape index (κ2) is 5.42. The number of hydrogen-bond acceptors (Lipinski definition) is 3. The first-order valence-corrected chi connectivity index (χ1v) is 5.14. The average Bonchev–Trinajstić information content (AvgIpc) is 2.52. The molecule has 17 heavy (non-hydrogen) atoms. The predicted octanol–water partition coefficient (Wildman–Crippen LogP) is 1.73. The van der Waals surface area contributed by atoms with Crippen molar-refractivity contribution in [3.8, 4) is 0 Å². The Morgan fingerprint density at radius 2 is 2.18 bits per heavy atom. The van der Waals surface area contributed by atoms with Crippen molar-refractivity contribution >= 4 is 17.6 Å². The van der Waals surface area contributed by atoms with E-state index >= 15 is 0 Å².